The number of pyridine rings is 1. The number of hydrogen-bond donors (Lipinski definition) is 1. The molecular weight excluding hydrogens is 313 g/mol. The van der Waals surface area contributed by atoms with Gasteiger partial charge in [-0.3, -0.25) is 14.7 Å². The summed E-state index contributed by atoms with van der Waals surface area (Å²) in [5, 5.41) is 3.00. The lowest BCUT2D eigenvalue weighted by Gasteiger charge is -2.39. The van der Waals surface area contributed by atoms with Gasteiger partial charge in [-0.2, -0.15) is 13.2 Å². The van der Waals surface area contributed by atoms with Gasteiger partial charge in [0.2, 0.25) is 0 Å². The maximum Gasteiger partial charge on any atom is 0.406 e. The second-order valence-electron chi connectivity index (χ2n) is 5.65. The van der Waals surface area contributed by atoms with Crippen molar-refractivity contribution >= 4 is 11.9 Å². The van der Waals surface area contributed by atoms with E-state index < -0.39 is 30.2 Å². The Bertz CT molecular complexity index is 622. The number of halogens is 3. The number of carbonyl (C=O) groups is 2. The van der Waals surface area contributed by atoms with Crippen LogP contribution in [-0.2, 0) is 11.2 Å². The lowest BCUT2D eigenvalue weighted by Crippen LogP contribution is -2.63. The summed E-state index contributed by atoms with van der Waals surface area (Å²) < 4.78 is 38.1. The molecular formula is C14H15F3N4O2. The third-order valence-corrected chi connectivity index (χ3v) is 4.09. The molecule has 6 nitrogen and oxygen atoms in total. The van der Waals surface area contributed by atoms with E-state index >= 15 is 0 Å². The zero-order valence-electron chi connectivity index (χ0n) is 12.1. The third kappa shape index (κ3) is 2.76. The normalized spacial score (nSPS) is 25.0. The predicted molar refractivity (Wildman–Crippen MR) is 73.4 cm³/mol. The van der Waals surface area contributed by atoms with Gasteiger partial charge in [0.25, 0.3) is 5.91 Å². The molecule has 0 aliphatic carbocycles. The van der Waals surface area contributed by atoms with Crippen molar-refractivity contribution in [1.82, 2.24) is 20.1 Å². The molecule has 0 radical (unpaired) electrons. The molecule has 2 fully saturated rings. The van der Waals surface area contributed by atoms with Crippen LogP contribution in [0.2, 0.25) is 0 Å². The van der Waals surface area contributed by atoms with Crippen LogP contribution in [-0.4, -0.2) is 64.6 Å². The number of amides is 3. The van der Waals surface area contributed by atoms with Crippen LogP contribution in [0.4, 0.5) is 18.0 Å². The average molecular weight is 328 g/mol. The Morgan fingerprint density at radius 2 is 2.09 bits per heavy atom. The molecule has 1 aromatic rings. The van der Waals surface area contributed by atoms with Crippen LogP contribution in [0.1, 0.15) is 5.69 Å². The number of imide groups is 1. The molecule has 2 aliphatic heterocycles. The minimum Gasteiger partial charge on any atom is -0.312 e. The molecule has 3 heterocycles. The Morgan fingerprint density at radius 3 is 2.74 bits per heavy atom. The Hall–Kier alpha value is -2.16. The number of rotatable bonds is 3. The molecule has 1 atom stereocenters. The van der Waals surface area contributed by atoms with Gasteiger partial charge >= 0.3 is 12.2 Å². The van der Waals surface area contributed by atoms with E-state index in [9.17, 15) is 22.8 Å². The van der Waals surface area contributed by atoms with Crippen LogP contribution >= 0.6 is 0 Å². The molecule has 124 valence electrons. The number of carbonyl (C=O) groups excluding carboxylic acids is 2. The Labute approximate surface area is 130 Å². The van der Waals surface area contributed by atoms with Crippen molar-refractivity contribution < 1.29 is 22.8 Å². The molecule has 9 heteroatoms. The SMILES string of the molecule is O=C1N(CC(F)(F)F)C(=O)[C@@]2(Cc3ccccn3)CNCCN12. The Kier molecular flexibility index (Phi) is 3.75. The molecule has 3 amide bonds. The molecule has 1 N–H and O–H groups in total. The minimum atomic E-state index is -4.63. The molecule has 0 unspecified atom stereocenters. The number of urea groups is 1. The molecule has 23 heavy (non-hydrogen) atoms. The predicted octanol–water partition coefficient (Wildman–Crippen LogP) is 0.793. The van der Waals surface area contributed by atoms with Crippen molar-refractivity contribution in [3.63, 3.8) is 0 Å². The van der Waals surface area contributed by atoms with Crippen molar-refractivity contribution in [2.24, 2.45) is 0 Å². The molecule has 0 saturated carbocycles. The first kappa shape index (κ1) is 15.7. The first-order chi connectivity index (χ1) is 10.8. The third-order valence-electron chi connectivity index (χ3n) is 4.09. The molecule has 0 aromatic carbocycles. The van der Waals surface area contributed by atoms with Crippen LogP contribution in [0.3, 0.4) is 0 Å². The highest BCUT2D eigenvalue weighted by molar-refractivity contribution is 6.07. The quantitative estimate of drug-likeness (QED) is 0.834. The van der Waals surface area contributed by atoms with Crippen molar-refractivity contribution in [2.45, 2.75) is 18.1 Å². The fraction of sp³-hybridized carbons (Fsp3) is 0.500. The Morgan fingerprint density at radius 1 is 1.30 bits per heavy atom. The van der Waals surface area contributed by atoms with Gasteiger partial charge in [0.05, 0.1) is 0 Å². The molecule has 0 spiro atoms. The standard InChI is InChI=1S/C14H15F3N4O2/c15-14(16,17)9-20-11(22)13(7-10-3-1-2-4-19-10)8-18-5-6-21(13)12(20)23/h1-4,18H,5-9H2/t13-/m1/s1. The maximum absolute atomic E-state index is 12.7. The summed E-state index contributed by atoms with van der Waals surface area (Å²) in [5.74, 6) is -0.822. The van der Waals surface area contributed by atoms with E-state index in [1.807, 2.05) is 0 Å². The highest BCUT2D eigenvalue weighted by atomic mass is 19.4. The molecule has 3 rings (SSSR count). The number of nitrogens with zero attached hydrogens (tertiary/aromatic N) is 3. The number of aromatic nitrogens is 1. The fourth-order valence-electron chi connectivity index (χ4n) is 3.10. The van der Waals surface area contributed by atoms with Gasteiger partial charge in [-0.15, -0.1) is 0 Å². The lowest BCUT2D eigenvalue weighted by atomic mass is 9.89. The van der Waals surface area contributed by atoms with Gasteiger partial charge in [-0.25, -0.2) is 4.79 Å². The van der Waals surface area contributed by atoms with Crippen LogP contribution in [0, 0.1) is 0 Å². The average Bonchev–Trinajstić information content (AvgIpc) is 2.70. The number of fused-ring (bicyclic) bond motifs is 1. The fourth-order valence-corrected chi connectivity index (χ4v) is 3.10. The van der Waals surface area contributed by atoms with Crippen LogP contribution in [0.25, 0.3) is 0 Å². The summed E-state index contributed by atoms with van der Waals surface area (Å²) in [6.45, 7) is -0.831. The van der Waals surface area contributed by atoms with Gasteiger partial charge in [0, 0.05) is 37.9 Å². The second-order valence-corrected chi connectivity index (χ2v) is 5.65. The van der Waals surface area contributed by atoms with Crippen molar-refractivity contribution in [3.05, 3.63) is 30.1 Å². The van der Waals surface area contributed by atoms with E-state index in [1.54, 1.807) is 24.4 Å². The number of nitrogens with one attached hydrogen (secondary N) is 1. The molecule has 2 aliphatic rings. The van der Waals surface area contributed by atoms with Crippen LogP contribution in [0.5, 0.6) is 0 Å². The van der Waals surface area contributed by atoms with E-state index in [1.165, 1.54) is 4.90 Å². The summed E-state index contributed by atoms with van der Waals surface area (Å²) in [4.78, 5) is 30.6. The highest BCUT2D eigenvalue weighted by Crippen LogP contribution is 2.34. The highest BCUT2D eigenvalue weighted by Gasteiger charge is 2.59. The Balaban J connectivity index is 1.95. The van der Waals surface area contributed by atoms with E-state index in [2.05, 4.69) is 10.3 Å². The van der Waals surface area contributed by atoms with Gasteiger partial charge in [-0.1, -0.05) is 6.07 Å². The zero-order chi connectivity index (χ0) is 16.7. The van der Waals surface area contributed by atoms with E-state index in [-0.39, 0.29) is 19.5 Å². The van der Waals surface area contributed by atoms with Crippen molar-refractivity contribution in [3.8, 4) is 0 Å². The monoisotopic (exact) mass is 328 g/mol. The van der Waals surface area contributed by atoms with Gasteiger partial charge in [0.15, 0.2) is 0 Å². The first-order valence-electron chi connectivity index (χ1n) is 7.14. The molecule has 0 bridgehead atoms. The van der Waals surface area contributed by atoms with E-state index in [0.717, 1.165) is 0 Å². The van der Waals surface area contributed by atoms with E-state index in [4.69, 9.17) is 0 Å². The van der Waals surface area contributed by atoms with Crippen LogP contribution < -0.4 is 5.32 Å². The number of alkyl halides is 3. The summed E-state index contributed by atoms with van der Waals surface area (Å²) in [7, 11) is 0. The summed E-state index contributed by atoms with van der Waals surface area (Å²) in [6, 6.07) is 4.24. The summed E-state index contributed by atoms with van der Waals surface area (Å²) in [5.41, 5.74) is -0.786. The smallest absolute Gasteiger partial charge is 0.312 e. The zero-order valence-corrected chi connectivity index (χ0v) is 12.1. The largest absolute Gasteiger partial charge is 0.406 e. The van der Waals surface area contributed by atoms with Crippen molar-refractivity contribution in [2.75, 3.05) is 26.2 Å². The minimum absolute atomic E-state index is 0.0831. The van der Waals surface area contributed by atoms with Gasteiger partial charge in [-0.05, 0) is 12.1 Å². The topological polar surface area (TPSA) is 65.5 Å². The summed E-state index contributed by atoms with van der Waals surface area (Å²) >= 11 is 0. The van der Waals surface area contributed by atoms with Crippen molar-refractivity contribution in [1.29, 1.82) is 0 Å². The molecule has 1 aromatic heterocycles. The number of piperazine rings is 1. The first-order valence-corrected chi connectivity index (χ1v) is 7.14. The van der Waals surface area contributed by atoms with Gasteiger partial charge in [0.1, 0.15) is 12.1 Å². The number of hydrogen-bond acceptors (Lipinski definition) is 4. The second kappa shape index (κ2) is 5.48. The summed E-state index contributed by atoms with van der Waals surface area (Å²) in [6.07, 6.45) is -3.00. The maximum atomic E-state index is 12.7. The van der Waals surface area contributed by atoms with Gasteiger partial charge < -0.3 is 10.2 Å². The van der Waals surface area contributed by atoms with Crippen LogP contribution in [0.15, 0.2) is 24.4 Å². The van der Waals surface area contributed by atoms with E-state index in [0.29, 0.717) is 17.1 Å². The molecule has 2 saturated heterocycles. The lowest BCUT2D eigenvalue weighted by molar-refractivity contribution is -0.155.